The van der Waals surface area contributed by atoms with E-state index in [9.17, 15) is 9.18 Å². The van der Waals surface area contributed by atoms with E-state index in [2.05, 4.69) is 20.0 Å². The molecule has 8 heteroatoms. The Morgan fingerprint density at radius 2 is 1.74 bits per heavy atom. The number of carbonyl (C=O) groups excluding carboxylic acids is 1. The highest BCUT2D eigenvalue weighted by molar-refractivity contribution is 5.94. The fourth-order valence-corrected chi connectivity index (χ4v) is 4.55. The Morgan fingerprint density at radius 1 is 1.00 bits per heavy atom. The third-order valence-electron chi connectivity index (χ3n) is 6.05. The summed E-state index contributed by atoms with van der Waals surface area (Å²) in [7, 11) is 0. The molecule has 160 valence electrons. The van der Waals surface area contributed by atoms with Gasteiger partial charge in [0.15, 0.2) is 5.69 Å². The summed E-state index contributed by atoms with van der Waals surface area (Å²) in [6.07, 6.45) is 2.75. The quantitative estimate of drug-likeness (QED) is 0.652. The van der Waals surface area contributed by atoms with Gasteiger partial charge in [-0.1, -0.05) is 0 Å². The normalized spacial score (nSPS) is 16.0. The van der Waals surface area contributed by atoms with Gasteiger partial charge < -0.3 is 9.80 Å². The molecule has 31 heavy (non-hydrogen) atoms. The van der Waals surface area contributed by atoms with E-state index in [4.69, 9.17) is 0 Å². The number of aromatic nitrogens is 4. The van der Waals surface area contributed by atoms with Crippen molar-refractivity contribution in [3.8, 4) is 5.69 Å². The molecule has 0 bridgehead atoms. The predicted molar refractivity (Wildman–Crippen MR) is 115 cm³/mol. The second-order valence-corrected chi connectivity index (χ2v) is 8.21. The second kappa shape index (κ2) is 7.76. The summed E-state index contributed by atoms with van der Waals surface area (Å²) in [5.74, 6) is 1.37. The van der Waals surface area contributed by atoms with Gasteiger partial charge in [0.2, 0.25) is 0 Å². The molecule has 1 aliphatic carbocycles. The van der Waals surface area contributed by atoms with Gasteiger partial charge in [-0.25, -0.2) is 19.0 Å². The molecule has 2 aliphatic rings. The molecule has 3 heterocycles. The predicted octanol–water partition coefficient (Wildman–Crippen LogP) is 2.87. The molecule has 1 fully saturated rings. The highest BCUT2D eigenvalue weighted by atomic mass is 19.1. The van der Waals surface area contributed by atoms with E-state index in [1.807, 2.05) is 29.5 Å². The zero-order chi connectivity index (χ0) is 21.5. The zero-order valence-electron chi connectivity index (χ0n) is 17.8. The minimum absolute atomic E-state index is 0.0197. The first-order valence-electron chi connectivity index (χ1n) is 10.7. The number of amides is 1. The van der Waals surface area contributed by atoms with Crippen molar-refractivity contribution in [3.05, 3.63) is 64.6 Å². The molecule has 0 atom stereocenters. The van der Waals surface area contributed by atoms with Crippen LogP contribution in [0.1, 0.15) is 39.7 Å². The third kappa shape index (κ3) is 3.66. The fourth-order valence-electron chi connectivity index (χ4n) is 4.55. The van der Waals surface area contributed by atoms with Crippen LogP contribution in [0.15, 0.2) is 30.3 Å². The average molecular weight is 420 g/mol. The van der Waals surface area contributed by atoms with Gasteiger partial charge in [-0.2, -0.15) is 5.10 Å². The maximum Gasteiger partial charge on any atom is 0.274 e. The number of hydrogen-bond donors (Lipinski definition) is 0. The fraction of sp³-hybridized carbons (Fsp3) is 0.391. The Labute approximate surface area is 180 Å². The van der Waals surface area contributed by atoms with Crippen molar-refractivity contribution in [2.45, 2.75) is 33.1 Å². The smallest absolute Gasteiger partial charge is 0.274 e. The minimum Gasteiger partial charge on any atom is -0.353 e. The standard InChI is InChI=1S/C23H25FN6O/c1-15-14-21(26-16(2)25-15)28-10-12-29(13-11-28)23(31)22-19-4-3-5-20(19)30(27-22)18-8-6-17(24)7-9-18/h6-9,14H,3-5,10-13H2,1-2H3. The summed E-state index contributed by atoms with van der Waals surface area (Å²) in [5, 5.41) is 4.68. The molecule has 0 N–H and O–H groups in total. The van der Waals surface area contributed by atoms with E-state index in [-0.39, 0.29) is 11.7 Å². The van der Waals surface area contributed by atoms with Gasteiger partial charge in [-0.3, -0.25) is 4.79 Å². The lowest BCUT2D eigenvalue weighted by atomic mass is 10.1. The van der Waals surface area contributed by atoms with Crippen LogP contribution in [0.2, 0.25) is 0 Å². The van der Waals surface area contributed by atoms with Crippen LogP contribution in [0.3, 0.4) is 0 Å². The molecule has 1 amide bonds. The lowest BCUT2D eigenvalue weighted by molar-refractivity contribution is 0.0739. The molecular weight excluding hydrogens is 395 g/mol. The molecule has 0 saturated carbocycles. The Hall–Kier alpha value is -3.29. The third-order valence-corrected chi connectivity index (χ3v) is 6.05. The number of piperazine rings is 1. The van der Waals surface area contributed by atoms with Crippen molar-refractivity contribution in [1.82, 2.24) is 24.6 Å². The van der Waals surface area contributed by atoms with Crippen LogP contribution in [0.25, 0.3) is 5.69 Å². The molecule has 0 radical (unpaired) electrons. The molecule has 3 aromatic rings. The molecule has 5 rings (SSSR count). The topological polar surface area (TPSA) is 67.2 Å². The number of aryl methyl sites for hydroxylation is 2. The number of fused-ring (bicyclic) bond motifs is 1. The van der Waals surface area contributed by atoms with Gasteiger partial charge in [-0.15, -0.1) is 0 Å². The lowest BCUT2D eigenvalue weighted by Crippen LogP contribution is -2.49. The lowest BCUT2D eigenvalue weighted by Gasteiger charge is -2.35. The summed E-state index contributed by atoms with van der Waals surface area (Å²) in [4.78, 5) is 26.3. The number of rotatable bonds is 3. The van der Waals surface area contributed by atoms with E-state index >= 15 is 0 Å². The SMILES string of the molecule is Cc1cc(N2CCN(C(=O)c3nn(-c4ccc(F)cc4)c4c3CCC4)CC2)nc(C)n1. The van der Waals surface area contributed by atoms with Gasteiger partial charge in [0.05, 0.1) is 5.69 Å². The molecule has 0 spiro atoms. The number of anilines is 1. The number of halogens is 1. The van der Waals surface area contributed by atoms with Crippen LogP contribution in [0.4, 0.5) is 10.2 Å². The second-order valence-electron chi connectivity index (χ2n) is 8.21. The molecule has 1 saturated heterocycles. The van der Waals surface area contributed by atoms with Crippen molar-refractivity contribution >= 4 is 11.7 Å². The van der Waals surface area contributed by atoms with Gasteiger partial charge >= 0.3 is 0 Å². The van der Waals surface area contributed by atoms with E-state index in [1.54, 1.807) is 12.1 Å². The monoisotopic (exact) mass is 420 g/mol. The van der Waals surface area contributed by atoms with E-state index in [0.29, 0.717) is 18.8 Å². The Morgan fingerprint density at radius 3 is 2.45 bits per heavy atom. The zero-order valence-corrected chi connectivity index (χ0v) is 17.8. The number of benzene rings is 1. The van der Waals surface area contributed by atoms with E-state index < -0.39 is 0 Å². The van der Waals surface area contributed by atoms with Gasteiger partial charge in [0.25, 0.3) is 5.91 Å². The van der Waals surface area contributed by atoms with Crippen LogP contribution < -0.4 is 4.90 Å². The molecule has 1 aliphatic heterocycles. The summed E-state index contributed by atoms with van der Waals surface area (Å²) in [6.45, 7) is 6.56. The highest BCUT2D eigenvalue weighted by Crippen LogP contribution is 2.29. The molecular formula is C23H25FN6O. The largest absolute Gasteiger partial charge is 0.353 e. The number of nitrogens with zero attached hydrogens (tertiary/aromatic N) is 6. The van der Waals surface area contributed by atoms with Crippen LogP contribution in [0, 0.1) is 19.7 Å². The Bertz CT molecular complexity index is 1110. The Balaban J connectivity index is 1.35. The number of hydrogen-bond acceptors (Lipinski definition) is 5. The number of carbonyl (C=O) groups is 1. The average Bonchev–Trinajstić information content (AvgIpc) is 3.36. The van der Waals surface area contributed by atoms with E-state index in [0.717, 1.165) is 66.6 Å². The first kappa shape index (κ1) is 19.7. The summed E-state index contributed by atoms with van der Waals surface area (Å²) in [5.41, 5.74) is 4.39. The van der Waals surface area contributed by atoms with Gasteiger partial charge in [0.1, 0.15) is 17.5 Å². The van der Waals surface area contributed by atoms with Gasteiger partial charge in [-0.05, 0) is 57.4 Å². The Kier molecular flexibility index (Phi) is 4.92. The highest BCUT2D eigenvalue weighted by Gasteiger charge is 2.31. The molecule has 0 unspecified atom stereocenters. The van der Waals surface area contributed by atoms with Crippen LogP contribution in [0.5, 0.6) is 0 Å². The summed E-state index contributed by atoms with van der Waals surface area (Å²) >= 11 is 0. The minimum atomic E-state index is -0.282. The molecule has 1 aromatic carbocycles. The summed E-state index contributed by atoms with van der Waals surface area (Å²) in [6, 6.07) is 8.26. The maximum absolute atomic E-state index is 13.4. The van der Waals surface area contributed by atoms with Crippen LogP contribution in [-0.4, -0.2) is 56.7 Å². The summed E-state index contributed by atoms with van der Waals surface area (Å²) < 4.78 is 15.2. The van der Waals surface area contributed by atoms with Crippen molar-refractivity contribution in [2.75, 3.05) is 31.1 Å². The van der Waals surface area contributed by atoms with Crippen LogP contribution in [-0.2, 0) is 12.8 Å². The molecule has 7 nitrogen and oxygen atoms in total. The van der Waals surface area contributed by atoms with Crippen molar-refractivity contribution in [3.63, 3.8) is 0 Å². The van der Waals surface area contributed by atoms with Crippen molar-refractivity contribution < 1.29 is 9.18 Å². The first-order chi connectivity index (χ1) is 15.0. The van der Waals surface area contributed by atoms with E-state index in [1.165, 1.54) is 12.1 Å². The molecule has 2 aromatic heterocycles. The van der Waals surface area contributed by atoms with Crippen molar-refractivity contribution in [2.24, 2.45) is 0 Å². The van der Waals surface area contributed by atoms with Crippen molar-refractivity contribution in [1.29, 1.82) is 0 Å². The first-order valence-corrected chi connectivity index (χ1v) is 10.7. The van der Waals surface area contributed by atoms with Gasteiger partial charge in [0, 0.05) is 49.2 Å². The van der Waals surface area contributed by atoms with Crippen LogP contribution >= 0.6 is 0 Å². The maximum atomic E-state index is 13.4.